The lowest BCUT2D eigenvalue weighted by Crippen LogP contribution is -2.11. The molecule has 0 saturated carbocycles. The van der Waals surface area contributed by atoms with Gasteiger partial charge in [-0.15, -0.1) is 0 Å². The molecule has 1 aromatic carbocycles. The van der Waals surface area contributed by atoms with E-state index in [0.717, 1.165) is 0 Å². The third kappa shape index (κ3) is 1.79. The predicted molar refractivity (Wildman–Crippen MR) is 61.5 cm³/mol. The molecule has 0 amide bonds. The van der Waals surface area contributed by atoms with Crippen LogP contribution in [0.2, 0.25) is 5.02 Å². The summed E-state index contributed by atoms with van der Waals surface area (Å²) in [6.45, 7) is 1.52. The minimum Gasteiger partial charge on any atom is -0.422 e. The van der Waals surface area contributed by atoms with Crippen molar-refractivity contribution in [1.82, 2.24) is 0 Å². The van der Waals surface area contributed by atoms with Crippen LogP contribution in [0.25, 0.3) is 11.0 Å². The Morgan fingerprint density at radius 1 is 1.44 bits per heavy atom. The Balaban J connectivity index is 2.79. The molecule has 0 radical (unpaired) electrons. The van der Waals surface area contributed by atoms with Crippen molar-refractivity contribution in [3.05, 3.63) is 45.3 Å². The lowest BCUT2D eigenvalue weighted by molar-refractivity contribution is 0.319. The number of halogens is 1. The predicted octanol–water partition coefficient (Wildman–Crippen LogP) is 2.64. The molecule has 0 spiro atoms. The van der Waals surface area contributed by atoms with Gasteiger partial charge in [0.15, 0.2) is 0 Å². The van der Waals surface area contributed by atoms with E-state index in [-0.39, 0.29) is 11.3 Å². The van der Waals surface area contributed by atoms with Crippen LogP contribution in [0.4, 0.5) is 0 Å². The second kappa shape index (κ2) is 3.98. The van der Waals surface area contributed by atoms with Crippen molar-refractivity contribution in [3.63, 3.8) is 0 Å². The van der Waals surface area contributed by atoms with E-state index in [2.05, 4.69) is 5.16 Å². The number of rotatable bonds is 1. The van der Waals surface area contributed by atoms with E-state index in [1.807, 2.05) is 0 Å². The Labute approximate surface area is 95.8 Å². The number of hydrogen-bond acceptors (Lipinski definition) is 4. The van der Waals surface area contributed by atoms with Crippen LogP contribution in [0.1, 0.15) is 12.5 Å². The zero-order valence-electron chi connectivity index (χ0n) is 8.40. The third-order valence-electron chi connectivity index (χ3n) is 2.23. The molecule has 2 rings (SSSR count). The van der Waals surface area contributed by atoms with Crippen LogP contribution in [0.5, 0.6) is 0 Å². The van der Waals surface area contributed by atoms with E-state index in [1.54, 1.807) is 24.3 Å². The summed E-state index contributed by atoms with van der Waals surface area (Å²) in [4.78, 5) is 11.5. The fraction of sp³-hybridized carbons (Fsp3) is 0.0909. The maximum Gasteiger partial charge on any atom is 0.345 e. The van der Waals surface area contributed by atoms with E-state index in [0.29, 0.717) is 16.0 Å². The normalized spacial score (nSPS) is 12.0. The zero-order valence-corrected chi connectivity index (χ0v) is 9.15. The standard InChI is InChI=1S/C11H8ClNO3/c1-6(13-15)9-5-7-4-8(12)2-3-10(7)16-11(9)14/h2-5,15H,1H3/b13-6-. The second-order valence-electron chi connectivity index (χ2n) is 3.32. The molecule has 0 bridgehead atoms. The minimum atomic E-state index is -0.537. The molecule has 1 heterocycles. The van der Waals surface area contributed by atoms with Crippen molar-refractivity contribution < 1.29 is 9.62 Å². The first-order chi connectivity index (χ1) is 7.61. The molecular weight excluding hydrogens is 230 g/mol. The minimum absolute atomic E-state index is 0.204. The smallest absolute Gasteiger partial charge is 0.345 e. The Hall–Kier alpha value is -1.81. The van der Waals surface area contributed by atoms with Crippen molar-refractivity contribution in [2.45, 2.75) is 6.92 Å². The van der Waals surface area contributed by atoms with Gasteiger partial charge in [0.1, 0.15) is 5.58 Å². The van der Waals surface area contributed by atoms with Crippen LogP contribution in [-0.2, 0) is 0 Å². The first-order valence-corrected chi connectivity index (χ1v) is 4.92. The van der Waals surface area contributed by atoms with E-state index >= 15 is 0 Å². The topological polar surface area (TPSA) is 62.8 Å². The van der Waals surface area contributed by atoms with E-state index < -0.39 is 5.63 Å². The van der Waals surface area contributed by atoms with Gasteiger partial charge in [0.25, 0.3) is 0 Å². The van der Waals surface area contributed by atoms with Crippen LogP contribution in [-0.4, -0.2) is 10.9 Å². The summed E-state index contributed by atoms with van der Waals surface area (Å²) in [5, 5.41) is 12.8. The molecule has 5 heteroatoms. The molecule has 1 aromatic heterocycles. The third-order valence-corrected chi connectivity index (χ3v) is 2.47. The fourth-order valence-corrected chi connectivity index (χ4v) is 1.58. The quantitative estimate of drug-likeness (QED) is 0.359. The van der Waals surface area contributed by atoms with Crippen molar-refractivity contribution in [1.29, 1.82) is 0 Å². The van der Waals surface area contributed by atoms with Crippen molar-refractivity contribution in [2.75, 3.05) is 0 Å². The van der Waals surface area contributed by atoms with Gasteiger partial charge in [-0.1, -0.05) is 16.8 Å². The van der Waals surface area contributed by atoms with E-state index in [9.17, 15) is 4.79 Å². The number of fused-ring (bicyclic) bond motifs is 1. The molecule has 2 aromatic rings. The number of benzene rings is 1. The summed E-state index contributed by atoms with van der Waals surface area (Å²) in [6, 6.07) is 6.52. The van der Waals surface area contributed by atoms with Gasteiger partial charge >= 0.3 is 5.63 Å². The fourth-order valence-electron chi connectivity index (χ4n) is 1.40. The van der Waals surface area contributed by atoms with Crippen LogP contribution in [0.3, 0.4) is 0 Å². The summed E-state index contributed by atoms with van der Waals surface area (Å²) >= 11 is 5.82. The lowest BCUT2D eigenvalue weighted by Gasteiger charge is -2.00. The molecule has 4 nitrogen and oxygen atoms in total. The first kappa shape index (κ1) is 10.7. The monoisotopic (exact) mass is 237 g/mol. The maximum absolute atomic E-state index is 11.5. The summed E-state index contributed by atoms with van der Waals surface area (Å²) in [5.41, 5.74) is 0.335. The van der Waals surface area contributed by atoms with Gasteiger partial charge in [-0.05, 0) is 31.2 Å². The van der Waals surface area contributed by atoms with Crippen LogP contribution < -0.4 is 5.63 Å². The Morgan fingerprint density at radius 2 is 2.19 bits per heavy atom. The number of hydrogen-bond donors (Lipinski definition) is 1. The van der Waals surface area contributed by atoms with Crippen LogP contribution in [0, 0.1) is 0 Å². The van der Waals surface area contributed by atoms with Gasteiger partial charge in [0.2, 0.25) is 0 Å². The molecule has 0 atom stereocenters. The van der Waals surface area contributed by atoms with E-state index in [4.69, 9.17) is 21.2 Å². The van der Waals surface area contributed by atoms with Gasteiger partial charge in [-0.25, -0.2) is 4.79 Å². The zero-order chi connectivity index (χ0) is 11.7. The van der Waals surface area contributed by atoms with Crippen molar-refractivity contribution >= 4 is 28.3 Å². The molecule has 1 N–H and O–H groups in total. The highest BCUT2D eigenvalue weighted by atomic mass is 35.5. The van der Waals surface area contributed by atoms with Gasteiger partial charge < -0.3 is 9.62 Å². The second-order valence-corrected chi connectivity index (χ2v) is 3.75. The lowest BCUT2D eigenvalue weighted by atomic mass is 10.1. The number of oxime groups is 1. The molecule has 0 unspecified atom stereocenters. The molecule has 0 fully saturated rings. The molecular formula is C11H8ClNO3. The highest BCUT2D eigenvalue weighted by Gasteiger charge is 2.08. The van der Waals surface area contributed by atoms with Crippen LogP contribution in [0.15, 0.2) is 38.6 Å². The van der Waals surface area contributed by atoms with Crippen molar-refractivity contribution in [3.8, 4) is 0 Å². The van der Waals surface area contributed by atoms with Gasteiger partial charge in [-0.2, -0.15) is 0 Å². The Kier molecular flexibility index (Phi) is 2.66. The molecule has 0 aliphatic heterocycles. The maximum atomic E-state index is 11.5. The number of nitrogens with zero attached hydrogens (tertiary/aromatic N) is 1. The van der Waals surface area contributed by atoms with Crippen LogP contribution >= 0.6 is 11.6 Å². The molecule has 82 valence electrons. The molecule has 0 aliphatic carbocycles. The molecule has 16 heavy (non-hydrogen) atoms. The Morgan fingerprint density at radius 3 is 2.88 bits per heavy atom. The summed E-state index contributed by atoms with van der Waals surface area (Å²) in [6.07, 6.45) is 0. The van der Waals surface area contributed by atoms with Gasteiger partial charge in [0.05, 0.1) is 11.3 Å². The summed E-state index contributed by atoms with van der Waals surface area (Å²) < 4.78 is 5.06. The average molecular weight is 238 g/mol. The largest absolute Gasteiger partial charge is 0.422 e. The highest BCUT2D eigenvalue weighted by Crippen LogP contribution is 2.18. The summed E-state index contributed by atoms with van der Waals surface area (Å²) in [7, 11) is 0. The highest BCUT2D eigenvalue weighted by molar-refractivity contribution is 6.31. The van der Waals surface area contributed by atoms with Gasteiger partial charge in [0, 0.05) is 10.4 Å². The summed E-state index contributed by atoms with van der Waals surface area (Å²) in [5.74, 6) is 0. The molecule has 0 saturated heterocycles. The SMILES string of the molecule is C/C(=N/O)c1cc2cc(Cl)ccc2oc1=O. The molecule has 0 aliphatic rings. The first-order valence-electron chi connectivity index (χ1n) is 4.54. The van der Waals surface area contributed by atoms with Crippen molar-refractivity contribution in [2.24, 2.45) is 5.16 Å². The van der Waals surface area contributed by atoms with Gasteiger partial charge in [-0.3, -0.25) is 0 Å². The average Bonchev–Trinajstić information content (AvgIpc) is 2.28. The van der Waals surface area contributed by atoms with E-state index in [1.165, 1.54) is 6.92 Å². The Bertz CT molecular complexity index is 631.